The lowest BCUT2D eigenvalue weighted by Crippen LogP contribution is -2.32. The number of hydrogen-bond acceptors (Lipinski definition) is 8. The van der Waals surface area contributed by atoms with Gasteiger partial charge in [-0.2, -0.15) is 0 Å². The third kappa shape index (κ3) is 5.39. The molecule has 8 nitrogen and oxygen atoms in total. The fraction of sp³-hybridized carbons (Fsp3) is 0.310. The largest absolute Gasteiger partial charge is 0.488 e. The van der Waals surface area contributed by atoms with E-state index in [1.807, 2.05) is 52.0 Å². The lowest BCUT2D eigenvalue weighted by molar-refractivity contribution is 0.0607. The van der Waals surface area contributed by atoms with E-state index in [0.29, 0.717) is 28.8 Å². The molecule has 1 aliphatic carbocycles. The Morgan fingerprint density at radius 2 is 1.92 bits per heavy atom. The molecule has 1 atom stereocenters. The number of aromatic carboxylic acids is 1. The molecule has 0 spiro atoms. The number of aryl methyl sites for hydroxylation is 2. The van der Waals surface area contributed by atoms with Gasteiger partial charge in [-0.05, 0) is 94.0 Å². The second-order valence-corrected chi connectivity index (χ2v) is 11.6. The number of carboxylic acid groups (broad SMARTS) is 1. The van der Waals surface area contributed by atoms with E-state index in [1.165, 1.54) is 11.3 Å². The molecule has 196 valence electrons. The summed E-state index contributed by atoms with van der Waals surface area (Å²) in [7, 11) is 0. The first-order valence-electron chi connectivity index (χ1n) is 12.5. The molecule has 0 aliphatic heterocycles. The van der Waals surface area contributed by atoms with Crippen LogP contribution in [0.15, 0.2) is 54.9 Å². The Bertz CT molecular complexity index is 1510. The summed E-state index contributed by atoms with van der Waals surface area (Å²) in [6.45, 7) is 7.98. The van der Waals surface area contributed by atoms with Crippen molar-refractivity contribution in [3.63, 3.8) is 0 Å². The zero-order chi connectivity index (χ0) is 27.1. The summed E-state index contributed by atoms with van der Waals surface area (Å²) in [6.07, 6.45) is 5.41. The van der Waals surface area contributed by atoms with Crippen molar-refractivity contribution in [2.75, 3.05) is 5.32 Å². The minimum Gasteiger partial charge on any atom is -0.488 e. The van der Waals surface area contributed by atoms with Gasteiger partial charge in [0.05, 0.1) is 16.1 Å². The molecule has 1 aromatic carbocycles. The average molecular weight is 531 g/mol. The van der Waals surface area contributed by atoms with Crippen LogP contribution in [0.5, 0.6) is 5.75 Å². The smallest absolute Gasteiger partial charge is 0.335 e. The molecular weight excluding hydrogens is 500 g/mol. The number of fused-ring (bicyclic) bond motifs is 1. The van der Waals surface area contributed by atoms with Crippen LogP contribution in [0.3, 0.4) is 0 Å². The molecular formula is C29H30N4O4S. The Hall–Kier alpha value is -3.82. The minimum atomic E-state index is -1.27. The number of anilines is 2. The fourth-order valence-electron chi connectivity index (χ4n) is 4.70. The Labute approximate surface area is 225 Å². The molecule has 4 aromatic rings. The van der Waals surface area contributed by atoms with Crippen LogP contribution in [0.2, 0.25) is 0 Å². The van der Waals surface area contributed by atoms with Crippen molar-refractivity contribution >= 4 is 28.9 Å². The lowest BCUT2D eigenvalue weighted by Gasteiger charge is -2.33. The number of ether oxygens (including phenoxy) is 1. The van der Waals surface area contributed by atoms with Crippen molar-refractivity contribution < 1.29 is 19.7 Å². The molecule has 5 rings (SSSR count). The molecule has 1 aliphatic rings. The number of rotatable bonds is 6. The Balaban J connectivity index is 1.43. The number of hydrogen-bond donors (Lipinski definition) is 3. The van der Waals surface area contributed by atoms with Gasteiger partial charge < -0.3 is 20.3 Å². The van der Waals surface area contributed by atoms with Gasteiger partial charge in [-0.25, -0.2) is 19.7 Å². The molecule has 0 unspecified atom stereocenters. The van der Waals surface area contributed by atoms with Gasteiger partial charge in [0.25, 0.3) is 0 Å². The van der Waals surface area contributed by atoms with Crippen LogP contribution >= 0.6 is 11.3 Å². The maximum atomic E-state index is 11.7. The van der Waals surface area contributed by atoms with Crippen LogP contribution in [0.1, 0.15) is 65.7 Å². The number of thiazole rings is 1. The molecule has 0 fully saturated rings. The number of carbonyl (C=O) groups is 1. The summed E-state index contributed by atoms with van der Waals surface area (Å²) in [6, 6.07) is 12.5. The predicted molar refractivity (Wildman–Crippen MR) is 147 cm³/mol. The number of carboxylic acids is 1. The highest BCUT2D eigenvalue weighted by Gasteiger charge is 2.39. The summed E-state index contributed by atoms with van der Waals surface area (Å²) in [5, 5.41) is 24.9. The molecule has 9 heteroatoms. The Kier molecular flexibility index (Phi) is 6.66. The van der Waals surface area contributed by atoms with Crippen LogP contribution in [-0.4, -0.2) is 36.7 Å². The maximum Gasteiger partial charge on any atom is 0.335 e. The highest BCUT2D eigenvalue weighted by atomic mass is 32.1. The average Bonchev–Trinajstić information content (AvgIpc) is 3.34. The van der Waals surface area contributed by atoms with Crippen molar-refractivity contribution in [2.24, 2.45) is 0 Å². The van der Waals surface area contributed by atoms with Gasteiger partial charge in [0.15, 0.2) is 0 Å². The Morgan fingerprint density at radius 3 is 2.68 bits per heavy atom. The van der Waals surface area contributed by atoms with Gasteiger partial charge in [-0.1, -0.05) is 6.07 Å². The predicted octanol–water partition coefficient (Wildman–Crippen LogP) is 6.10. The van der Waals surface area contributed by atoms with E-state index < -0.39 is 11.6 Å². The standard InChI is InChI=1S/C29H30N4O4S/c1-17-12-22(32-25(13-17)33-24-15-20(9-11-30-24)37-28(2,3)4)23-16-31-27(38-23)29(36)10-5-6-18-14-19(26(34)35)7-8-21(18)29/h7-9,11-16,36H,5-6,10H2,1-4H3,(H,34,35)(H,30,32,33)/t29-/m0/s1. The highest BCUT2D eigenvalue weighted by molar-refractivity contribution is 7.15. The van der Waals surface area contributed by atoms with Crippen molar-refractivity contribution in [1.82, 2.24) is 15.0 Å². The van der Waals surface area contributed by atoms with Crippen molar-refractivity contribution in [3.8, 4) is 16.3 Å². The van der Waals surface area contributed by atoms with Crippen LogP contribution in [0, 0.1) is 6.92 Å². The molecule has 38 heavy (non-hydrogen) atoms. The first-order chi connectivity index (χ1) is 18.0. The lowest BCUT2D eigenvalue weighted by atomic mass is 9.79. The van der Waals surface area contributed by atoms with Crippen LogP contribution in [0.4, 0.5) is 11.6 Å². The number of benzene rings is 1. The van der Waals surface area contributed by atoms with E-state index in [1.54, 1.807) is 30.6 Å². The summed E-state index contributed by atoms with van der Waals surface area (Å²) < 4.78 is 5.95. The number of nitrogens with zero attached hydrogens (tertiary/aromatic N) is 3. The minimum absolute atomic E-state index is 0.224. The van der Waals surface area contributed by atoms with Gasteiger partial charge in [0, 0.05) is 18.5 Å². The SMILES string of the molecule is Cc1cc(Nc2cc(OC(C)(C)C)ccn2)nc(-c2cnc([C@]3(O)CCCc4cc(C(=O)O)ccc43)s2)c1. The molecule has 0 amide bonds. The summed E-state index contributed by atoms with van der Waals surface area (Å²) in [4.78, 5) is 26.0. The van der Waals surface area contributed by atoms with Crippen LogP contribution < -0.4 is 10.1 Å². The summed E-state index contributed by atoms with van der Waals surface area (Å²) in [5.41, 5.74) is 1.95. The van der Waals surface area contributed by atoms with Crippen LogP contribution in [0.25, 0.3) is 10.6 Å². The zero-order valence-corrected chi connectivity index (χ0v) is 22.6. The second kappa shape index (κ2) is 9.81. The van der Waals surface area contributed by atoms with Gasteiger partial charge in [0.2, 0.25) is 0 Å². The number of aliphatic hydroxyl groups is 1. The number of pyridine rings is 2. The normalized spacial score (nSPS) is 17.1. The third-order valence-corrected chi connectivity index (χ3v) is 7.45. The van der Waals surface area contributed by atoms with Crippen molar-refractivity contribution in [2.45, 2.75) is 58.2 Å². The Morgan fingerprint density at radius 1 is 1.11 bits per heavy atom. The molecule has 3 heterocycles. The van der Waals surface area contributed by atoms with E-state index in [9.17, 15) is 15.0 Å². The quantitative estimate of drug-likeness (QED) is 0.274. The van der Waals surface area contributed by atoms with Gasteiger partial charge >= 0.3 is 5.97 Å². The number of nitrogens with one attached hydrogen (secondary N) is 1. The molecule has 3 aromatic heterocycles. The van der Waals surface area contributed by atoms with E-state index in [4.69, 9.17) is 9.72 Å². The van der Waals surface area contributed by atoms with Gasteiger partial charge in [-0.15, -0.1) is 11.3 Å². The summed E-state index contributed by atoms with van der Waals surface area (Å²) >= 11 is 1.39. The van der Waals surface area contributed by atoms with E-state index in [-0.39, 0.29) is 11.2 Å². The van der Waals surface area contributed by atoms with E-state index in [2.05, 4.69) is 15.3 Å². The monoisotopic (exact) mass is 530 g/mol. The maximum absolute atomic E-state index is 11.7. The third-order valence-electron chi connectivity index (χ3n) is 6.28. The van der Waals surface area contributed by atoms with E-state index >= 15 is 0 Å². The second-order valence-electron chi connectivity index (χ2n) is 10.6. The molecule has 0 saturated heterocycles. The van der Waals surface area contributed by atoms with Crippen molar-refractivity contribution in [1.29, 1.82) is 0 Å². The van der Waals surface area contributed by atoms with Gasteiger partial charge in [0.1, 0.15) is 33.6 Å². The van der Waals surface area contributed by atoms with Crippen molar-refractivity contribution in [3.05, 3.63) is 82.1 Å². The molecule has 0 bridgehead atoms. The fourth-order valence-corrected chi connectivity index (χ4v) is 5.71. The summed E-state index contributed by atoms with van der Waals surface area (Å²) in [5.74, 6) is 0.997. The van der Waals surface area contributed by atoms with Crippen LogP contribution in [-0.2, 0) is 12.0 Å². The molecule has 0 saturated carbocycles. The first kappa shape index (κ1) is 25.8. The zero-order valence-electron chi connectivity index (χ0n) is 21.8. The number of aromatic nitrogens is 3. The van der Waals surface area contributed by atoms with E-state index in [0.717, 1.165) is 40.1 Å². The topological polar surface area (TPSA) is 117 Å². The molecule has 3 N–H and O–H groups in total. The van der Waals surface area contributed by atoms with Gasteiger partial charge in [-0.3, -0.25) is 0 Å². The molecule has 0 radical (unpaired) electrons. The first-order valence-corrected chi connectivity index (χ1v) is 13.3. The highest BCUT2D eigenvalue weighted by Crippen LogP contribution is 2.43.